The number of hydrogen-bond acceptors (Lipinski definition) is 2. The van der Waals surface area contributed by atoms with E-state index >= 15 is 0 Å². The first kappa shape index (κ1) is 10.9. The van der Waals surface area contributed by atoms with Crippen LogP contribution in [0, 0.1) is 0 Å². The lowest BCUT2D eigenvalue weighted by atomic mass is 10.1. The molecular formula is C13H16N2O. The Labute approximate surface area is 95.3 Å². The molecule has 1 heterocycles. The Morgan fingerprint density at radius 3 is 2.62 bits per heavy atom. The Morgan fingerprint density at radius 2 is 2.00 bits per heavy atom. The topological polar surface area (TPSA) is 38.0 Å². The zero-order valence-electron chi connectivity index (χ0n) is 9.43. The summed E-state index contributed by atoms with van der Waals surface area (Å²) in [6.45, 7) is 3.06. The van der Waals surface area contributed by atoms with E-state index in [2.05, 4.69) is 30.2 Å². The van der Waals surface area contributed by atoms with Crippen molar-refractivity contribution in [1.29, 1.82) is 0 Å². The number of aliphatic hydroxyl groups is 1. The van der Waals surface area contributed by atoms with Crippen molar-refractivity contribution < 1.29 is 5.11 Å². The first-order valence-electron chi connectivity index (χ1n) is 5.58. The second-order valence-corrected chi connectivity index (χ2v) is 3.68. The molecular weight excluding hydrogens is 200 g/mol. The zero-order valence-corrected chi connectivity index (χ0v) is 9.43. The highest BCUT2D eigenvalue weighted by atomic mass is 16.3. The molecule has 0 unspecified atom stereocenters. The minimum atomic E-state index is 0.148. The van der Waals surface area contributed by atoms with Gasteiger partial charge in [-0.25, -0.2) is 0 Å². The molecule has 0 fully saturated rings. The summed E-state index contributed by atoms with van der Waals surface area (Å²) < 4.78 is 1.97. The maximum Gasteiger partial charge on any atom is 0.0685 e. The standard InChI is InChI=1S/C13H16N2O/c1-2-15-13(10-12(14-15)8-9-16)11-6-4-3-5-7-11/h3-7,10,16H,2,8-9H2,1H3. The van der Waals surface area contributed by atoms with E-state index in [0.29, 0.717) is 6.42 Å². The van der Waals surface area contributed by atoms with Crippen molar-refractivity contribution in [3.05, 3.63) is 42.1 Å². The van der Waals surface area contributed by atoms with Crippen LogP contribution in [0.5, 0.6) is 0 Å². The number of nitrogens with zero attached hydrogens (tertiary/aromatic N) is 2. The van der Waals surface area contributed by atoms with Crippen molar-refractivity contribution in [3.8, 4) is 11.3 Å². The van der Waals surface area contributed by atoms with Crippen LogP contribution in [0.25, 0.3) is 11.3 Å². The predicted octanol–water partition coefficient (Wildman–Crippen LogP) is 2.10. The molecule has 3 heteroatoms. The SMILES string of the molecule is CCn1nc(CCO)cc1-c1ccccc1. The monoisotopic (exact) mass is 216 g/mol. The van der Waals surface area contributed by atoms with E-state index < -0.39 is 0 Å². The van der Waals surface area contributed by atoms with Gasteiger partial charge in [-0.3, -0.25) is 4.68 Å². The fraction of sp³-hybridized carbons (Fsp3) is 0.308. The Hall–Kier alpha value is -1.61. The molecule has 0 amide bonds. The Balaban J connectivity index is 2.39. The molecule has 2 aromatic rings. The van der Waals surface area contributed by atoms with Crippen molar-refractivity contribution in [2.75, 3.05) is 6.61 Å². The van der Waals surface area contributed by atoms with Gasteiger partial charge in [0.25, 0.3) is 0 Å². The number of rotatable bonds is 4. The largest absolute Gasteiger partial charge is 0.396 e. The van der Waals surface area contributed by atoms with E-state index in [1.165, 1.54) is 5.56 Å². The molecule has 16 heavy (non-hydrogen) atoms. The lowest BCUT2D eigenvalue weighted by molar-refractivity contribution is 0.297. The maximum absolute atomic E-state index is 8.91. The highest BCUT2D eigenvalue weighted by molar-refractivity contribution is 5.59. The third-order valence-electron chi connectivity index (χ3n) is 2.57. The number of aromatic nitrogens is 2. The van der Waals surface area contributed by atoms with Gasteiger partial charge in [0.05, 0.1) is 11.4 Å². The van der Waals surface area contributed by atoms with Gasteiger partial charge in [0.15, 0.2) is 0 Å². The molecule has 2 rings (SSSR count). The van der Waals surface area contributed by atoms with Crippen molar-refractivity contribution in [3.63, 3.8) is 0 Å². The van der Waals surface area contributed by atoms with Crippen LogP contribution < -0.4 is 0 Å². The van der Waals surface area contributed by atoms with Crippen LogP contribution in [0.1, 0.15) is 12.6 Å². The number of benzene rings is 1. The fourth-order valence-corrected chi connectivity index (χ4v) is 1.79. The first-order chi connectivity index (χ1) is 7.85. The Bertz CT molecular complexity index is 448. The smallest absolute Gasteiger partial charge is 0.0685 e. The molecule has 1 aromatic heterocycles. The Morgan fingerprint density at radius 1 is 1.25 bits per heavy atom. The summed E-state index contributed by atoms with van der Waals surface area (Å²) in [7, 11) is 0. The average Bonchev–Trinajstić information content (AvgIpc) is 2.74. The van der Waals surface area contributed by atoms with Crippen LogP contribution in [0.15, 0.2) is 36.4 Å². The van der Waals surface area contributed by atoms with Crippen LogP contribution >= 0.6 is 0 Å². The summed E-state index contributed by atoms with van der Waals surface area (Å²) in [5, 5.41) is 13.4. The van der Waals surface area contributed by atoms with Crippen LogP contribution in [0.2, 0.25) is 0 Å². The van der Waals surface area contributed by atoms with Gasteiger partial charge in [-0.2, -0.15) is 5.10 Å². The molecule has 1 aromatic carbocycles. The average molecular weight is 216 g/mol. The molecule has 0 bridgehead atoms. The van der Waals surface area contributed by atoms with Crippen LogP contribution in [-0.2, 0) is 13.0 Å². The molecule has 0 radical (unpaired) electrons. The second kappa shape index (κ2) is 4.94. The quantitative estimate of drug-likeness (QED) is 0.850. The van der Waals surface area contributed by atoms with Crippen molar-refractivity contribution >= 4 is 0 Å². The van der Waals surface area contributed by atoms with E-state index in [1.807, 2.05) is 22.9 Å². The van der Waals surface area contributed by atoms with Crippen molar-refractivity contribution in [2.24, 2.45) is 0 Å². The van der Waals surface area contributed by atoms with Gasteiger partial charge in [-0.1, -0.05) is 30.3 Å². The summed E-state index contributed by atoms with van der Waals surface area (Å²) in [6, 6.07) is 12.2. The van der Waals surface area contributed by atoms with Crippen molar-refractivity contribution in [1.82, 2.24) is 9.78 Å². The van der Waals surface area contributed by atoms with E-state index in [1.54, 1.807) is 0 Å². The molecule has 0 spiro atoms. The van der Waals surface area contributed by atoms with Crippen LogP contribution in [0.3, 0.4) is 0 Å². The molecule has 1 N–H and O–H groups in total. The van der Waals surface area contributed by atoms with Gasteiger partial charge in [0.2, 0.25) is 0 Å². The van der Waals surface area contributed by atoms with Crippen LogP contribution in [0.4, 0.5) is 0 Å². The summed E-state index contributed by atoms with van der Waals surface area (Å²) in [5.74, 6) is 0. The second-order valence-electron chi connectivity index (χ2n) is 3.68. The molecule has 0 aliphatic heterocycles. The molecule has 0 saturated carbocycles. The maximum atomic E-state index is 8.91. The molecule has 84 valence electrons. The highest BCUT2D eigenvalue weighted by Crippen LogP contribution is 2.20. The normalized spacial score (nSPS) is 10.6. The molecule has 0 saturated heterocycles. The highest BCUT2D eigenvalue weighted by Gasteiger charge is 2.07. The van der Waals surface area contributed by atoms with E-state index in [9.17, 15) is 0 Å². The lowest BCUT2D eigenvalue weighted by Gasteiger charge is -2.03. The first-order valence-corrected chi connectivity index (χ1v) is 5.58. The summed E-state index contributed by atoms with van der Waals surface area (Å²) in [4.78, 5) is 0. The lowest BCUT2D eigenvalue weighted by Crippen LogP contribution is -2.00. The summed E-state index contributed by atoms with van der Waals surface area (Å²) in [6.07, 6.45) is 0.618. The fourth-order valence-electron chi connectivity index (χ4n) is 1.79. The van der Waals surface area contributed by atoms with Gasteiger partial charge in [0, 0.05) is 19.6 Å². The van der Waals surface area contributed by atoms with Crippen molar-refractivity contribution in [2.45, 2.75) is 19.9 Å². The minimum absolute atomic E-state index is 0.148. The number of hydrogen-bond donors (Lipinski definition) is 1. The van der Waals surface area contributed by atoms with Gasteiger partial charge in [-0.05, 0) is 18.6 Å². The Kier molecular flexibility index (Phi) is 3.37. The van der Waals surface area contributed by atoms with E-state index in [4.69, 9.17) is 5.11 Å². The van der Waals surface area contributed by atoms with Crippen LogP contribution in [-0.4, -0.2) is 21.5 Å². The van der Waals surface area contributed by atoms with Gasteiger partial charge in [-0.15, -0.1) is 0 Å². The number of aryl methyl sites for hydroxylation is 1. The van der Waals surface area contributed by atoms with Gasteiger partial charge >= 0.3 is 0 Å². The minimum Gasteiger partial charge on any atom is -0.396 e. The summed E-state index contributed by atoms with van der Waals surface area (Å²) in [5.41, 5.74) is 3.23. The third kappa shape index (κ3) is 2.14. The summed E-state index contributed by atoms with van der Waals surface area (Å²) >= 11 is 0. The third-order valence-corrected chi connectivity index (χ3v) is 2.57. The molecule has 0 aliphatic rings. The van der Waals surface area contributed by atoms with E-state index in [-0.39, 0.29) is 6.61 Å². The molecule has 0 aliphatic carbocycles. The van der Waals surface area contributed by atoms with E-state index in [0.717, 1.165) is 17.9 Å². The van der Waals surface area contributed by atoms with Gasteiger partial charge < -0.3 is 5.11 Å². The predicted molar refractivity (Wildman–Crippen MR) is 64.1 cm³/mol. The number of aliphatic hydroxyl groups excluding tert-OH is 1. The zero-order chi connectivity index (χ0) is 11.4. The van der Waals surface area contributed by atoms with Gasteiger partial charge in [0.1, 0.15) is 0 Å². The molecule has 3 nitrogen and oxygen atoms in total. The molecule has 0 atom stereocenters.